The molecule has 0 amide bonds. The summed E-state index contributed by atoms with van der Waals surface area (Å²) in [6.07, 6.45) is 1.70. The highest BCUT2D eigenvalue weighted by molar-refractivity contribution is 5.84. The van der Waals surface area contributed by atoms with Crippen molar-refractivity contribution in [2.75, 3.05) is 18.5 Å². The quantitative estimate of drug-likeness (QED) is 0.608. The van der Waals surface area contributed by atoms with Crippen LogP contribution >= 0.6 is 0 Å². The van der Waals surface area contributed by atoms with Gasteiger partial charge in [-0.3, -0.25) is 4.40 Å². The van der Waals surface area contributed by atoms with E-state index in [1.807, 2.05) is 34.7 Å². The first-order valence-corrected chi connectivity index (χ1v) is 8.05. The van der Waals surface area contributed by atoms with E-state index in [9.17, 15) is 0 Å². The molecule has 0 bridgehead atoms. The van der Waals surface area contributed by atoms with Crippen molar-refractivity contribution in [1.82, 2.24) is 19.6 Å². The van der Waals surface area contributed by atoms with Crippen LogP contribution in [0.2, 0.25) is 0 Å². The number of ether oxygens (including phenoxy) is 2. The zero-order valence-corrected chi connectivity index (χ0v) is 13.6. The molecule has 0 fully saturated rings. The molecule has 0 unspecified atom stereocenters. The van der Waals surface area contributed by atoms with E-state index >= 15 is 0 Å². The van der Waals surface area contributed by atoms with Crippen molar-refractivity contribution in [2.24, 2.45) is 0 Å². The van der Waals surface area contributed by atoms with Gasteiger partial charge in [-0.05, 0) is 36.8 Å². The van der Waals surface area contributed by atoms with Gasteiger partial charge in [-0.15, -0.1) is 10.2 Å². The van der Waals surface area contributed by atoms with Crippen LogP contribution in [0.25, 0.3) is 16.7 Å². The van der Waals surface area contributed by atoms with Crippen molar-refractivity contribution < 1.29 is 9.47 Å². The molecule has 124 valence electrons. The van der Waals surface area contributed by atoms with Crippen LogP contribution in [0.5, 0.6) is 11.5 Å². The first kappa shape index (κ1) is 14.0. The number of hydrogen-bond acceptors (Lipinski definition) is 6. The van der Waals surface area contributed by atoms with Crippen LogP contribution in [0, 0.1) is 6.92 Å². The summed E-state index contributed by atoms with van der Waals surface area (Å²) in [4.78, 5) is 4.72. The average Bonchev–Trinajstić information content (AvgIpc) is 3.13. The van der Waals surface area contributed by atoms with Gasteiger partial charge in [-0.2, -0.15) is 0 Å². The molecule has 0 saturated carbocycles. The Morgan fingerprint density at radius 3 is 2.84 bits per heavy atom. The Morgan fingerprint density at radius 1 is 1.04 bits per heavy atom. The lowest BCUT2D eigenvalue weighted by atomic mass is 10.2. The average molecular weight is 333 g/mol. The normalized spacial score (nSPS) is 13.3. The third-order valence-electron chi connectivity index (χ3n) is 4.19. The first-order valence-electron chi connectivity index (χ1n) is 8.05. The molecule has 2 aromatic carbocycles. The molecule has 4 aromatic rings. The van der Waals surface area contributed by atoms with Gasteiger partial charge in [0.05, 0.1) is 11.0 Å². The number of fused-ring (bicyclic) bond motifs is 4. The van der Waals surface area contributed by atoms with E-state index in [1.54, 1.807) is 6.33 Å². The standard InChI is InChI=1S/C18H15N5O2/c1-11-2-4-13-14(8-11)23-10-19-22-18(23)17(21-13)20-12-3-5-15-16(9-12)25-7-6-24-15/h2-5,8-10H,6-7H2,1H3,(H,20,21). The molecular weight excluding hydrogens is 318 g/mol. The fourth-order valence-electron chi connectivity index (χ4n) is 3.01. The molecule has 1 aliphatic heterocycles. The summed E-state index contributed by atoms with van der Waals surface area (Å²) in [5.41, 5.74) is 4.55. The Kier molecular flexibility index (Phi) is 3.00. The number of anilines is 2. The number of hydrogen-bond donors (Lipinski definition) is 1. The lowest BCUT2D eigenvalue weighted by molar-refractivity contribution is 0.171. The smallest absolute Gasteiger partial charge is 0.204 e. The van der Waals surface area contributed by atoms with Gasteiger partial charge in [0, 0.05) is 11.8 Å². The molecule has 0 saturated heterocycles. The predicted octanol–water partition coefficient (Wildman–Crippen LogP) is 3.10. The first-order chi connectivity index (χ1) is 12.3. The lowest BCUT2D eigenvalue weighted by Crippen LogP contribution is -2.15. The molecular formula is C18H15N5O2. The summed E-state index contributed by atoms with van der Waals surface area (Å²) in [5.74, 6) is 2.13. The molecule has 1 aliphatic rings. The topological polar surface area (TPSA) is 73.6 Å². The fourth-order valence-corrected chi connectivity index (χ4v) is 3.01. The van der Waals surface area contributed by atoms with Gasteiger partial charge in [0.15, 0.2) is 17.3 Å². The molecule has 7 heteroatoms. The number of aryl methyl sites for hydroxylation is 1. The van der Waals surface area contributed by atoms with Gasteiger partial charge in [-0.1, -0.05) is 6.07 Å². The maximum Gasteiger partial charge on any atom is 0.204 e. The predicted molar refractivity (Wildman–Crippen MR) is 93.7 cm³/mol. The van der Waals surface area contributed by atoms with Crippen molar-refractivity contribution in [3.05, 3.63) is 48.3 Å². The molecule has 1 N–H and O–H groups in total. The second-order valence-corrected chi connectivity index (χ2v) is 5.96. The third kappa shape index (κ3) is 2.32. The van der Waals surface area contributed by atoms with E-state index in [4.69, 9.17) is 14.5 Å². The monoisotopic (exact) mass is 333 g/mol. The minimum absolute atomic E-state index is 0.554. The summed E-state index contributed by atoms with van der Waals surface area (Å²) < 4.78 is 13.1. The number of aromatic nitrogens is 4. The van der Waals surface area contributed by atoms with E-state index in [1.165, 1.54) is 0 Å². The number of rotatable bonds is 2. The number of benzene rings is 2. The Hall–Kier alpha value is -3.35. The molecule has 0 atom stereocenters. The summed E-state index contributed by atoms with van der Waals surface area (Å²) in [6, 6.07) is 11.8. The van der Waals surface area contributed by atoms with Crippen LogP contribution in [0.1, 0.15) is 5.56 Å². The van der Waals surface area contributed by atoms with E-state index in [0.717, 1.165) is 33.8 Å². The van der Waals surface area contributed by atoms with Crippen molar-refractivity contribution in [2.45, 2.75) is 6.92 Å². The number of nitrogens with zero attached hydrogens (tertiary/aromatic N) is 4. The molecule has 0 aliphatic carbocycles. The minimum Gasteiger partial charge on any atom is -0.486 e. The third-order valence-corrected chi connectivity index (χ3v) is 4.19. The number of nitrogens with one attached hydrogen (secondary N) is 1. The Morgan fingerprint density at radius 2 is 1.92 bits per heavy atom. The van der Waals surface area contributed by atoms with Gasteiger partial charge >= 0.3 is 0 Å². The highest BCUT2D eigenvalue weighted by Gasteiger charge is 2.14. The highest BCUT2D eigenvalue weighted by Crippen LogP contribution is 2.34. The Bertz CT molecular complexity index is 1110. The molecule has 7 nitrogen and oxygen atoms in total. The van der Waals surface area contributed by atoms with Crippen LogP contribution in [0.15, 0.2) is 42.7 Å². The van der Waals surface area contributed by atoms with Crippen LogP contribution in [-0.2, 0) is 0 Å². The van der Waals surface area contributed by atoms with E-state index in [0.29, 0.717) is 24.7 Å². The van der Waals surface area contributed by atoms with E-state index in [-0.39, 0.29) is 0 Å². The van der Waals surface area contributed by atoms with Crippen molar-refractivity contribution in [3.8, 4) is 11.5 Å². The molecule has 0 radical (unpaired) electrons. The van der Waals surface area contributed by atoms with Gasteiger partial charge < -0.3 is 14.8 Å². The van der Waals surface area contributed by atoms with Crippen LogP contribution in [0.4, 0.5) is 11.5 Å². The largest absolute Gasteiger partial charge is 0.486 e. The van der Waals surface area contributed by atoms with Crippen LogP contribution < -0.4 is 14.8 Å². The second kappa shape index (κ2) is 5.34. The van der Waals surface area contributed by atoms with Crippen molar-refractivity contribution in [3.63, 3.8) is 0 Å². The van der Waals surface area contributed by atoms with Crippen molar-refractivity contribution >= 4 is 28.2 Å². The molecule has 5 rings (SSSR count). The molecule has 3 heterocycles. The Labute approximate surface area is 143 Å². The zero-order valence-electron chi connectivity index (χ0n) is 13.6. The van der Waals surface area contributed by atoms with Gasteiger partial charge in [0.1, 0.15) is 19.5 Å². The highest BCUT2D eigenvalue weighted by atomic mass is 16.6. The van der Waals surface area contributed by atoms with Crippen LogP contribution in [-0.4, -0.2) is 32.8 Å². The van der Waals surface area contributed by atoms with E-state index < -0.39 is 0 Å². The lowest BCUT2D eigenvalue weighted by Gasteiger charge is -2.19. The fraction of sp³-hybridized carbons (Fsp3) is 0.167. The minimum atomic E-state index is 0.554. The Balaban J connectivity index is 1.62. The van der Waals surface area contributed by atoms with Gasteiger partial charge in [0.2, 0.25) is 5.65 Å². The maximum absolute atomic E-state index is 5.64. The van der Waals surface area contributed by atoms with Gasteiger partial charge in [-0.25, -0.2) is 4.98 Å². The van der Waals surface area contributed by atoms with Crippen LogP contribution in [0.3, 0.4) is 0 Å². The summed E-state index contributed by atoms with van der Waals surface area (Å²) in [5, 5.41) is 11.6. The maximum atomic E-state index is 5.64. The molecule has 2 aromatic heterocycles. The van der Waals surface area contributed by atoms with E-state index in [2.05, 4.69) is 28.5 Å². The molecule has 0 spiro atoms. The SMILES string of the molecule is Cc1ccc2nc(Nc3ccc4c(c3)OCCO4)c3nncn3c2c1. The van der Waals surface area contributed by atoms with Gasteiger partial charge in [0.25, 0.3) is 0 Å². The summed E-state index contributed by atoms with van der Waals surface area (Å²) >= 11 is 0. The summed E-state index contributed by atoms with van der Waals surface area (Å²) in [6.45, 7) is 3.18. The van der Waals surface area contributed by atoms with Crippen molar-refractivity contribution in [1.29, 1.82) is 0 Å². The second-order valence-electron chi connectivity index (χ2n) is 5.96. The summed E-state index contributed by atoms with van der Waals surface area (Å²) in [7, 11) is 0. The molecule has 25 heavy (non-hydrogen) atoms. The zero-order chi connectivity index (χ0) is 16.8.